The molecule has 1 aliphatic carbocycles. The number of carbonyl (C=O) groups excluding carboxylic acids is 2. The van der Waals surface area contributed by atoms with Crippen LogP contribution in [0.15, 0.2) is 54.1 Å². The van der Waals surface area contributed by atoms with E-state index in [2.05, 4.69) is 10.0 Å². The van der Waals surface area contributed by atoms with Crippen molar-refractivity contribution in [2.24, 2.45) is 0 Å². The highest BCUT2D eigenvalue weighted by Gasteiger charge is 2.43. The van der Waals surface area contributed by atoms with E-state index in [1.54, 1.807) is 55.5 Å². The van der Waals surface area contributed by atoms with Crippen molar-refractivity contribution in [2.75, 3.05) is 13.7 Å². The Morgan fingerprint density at radius 1 is 1.02 bits per heavy atom. The Kier molecular flexibility index (Phi) is 9.00. The zero-order valence-corrected chi connectivity index (χ0v) is 23.7. The van der Waals surface area contributed by atoms with Crippen LogP contribution in [0.3, 0.4) is 0 Å². The zero-order chi connectivity index (χ0) is 29.8. The van der Waals surface area contributed by atoms with E-state index in [1.807, 2.05) is 0 Å². The molecule has 41 heavy (non-hydrogen) atoms. The minimum atomic E-state index is -4.15. The number of benzene rings is 2. The number of nitrogens with one attached hydrogen (secondary N) is 2. The minimum absolute atomic E-state index is 0.0560. The average Bonchev–Trinajstić information content (AvgIpc) is 3.76. The van der Waals surface area contributed by atoms with Gasteiger partial charge in [0.25, 0.3) is 11.8 Å². The van der Waals surface area contributed by atoms with E-state index in [0.29, 0.717) is 48.3 Å². The van der Waals surface area contributed by atoms with Crippen LogP contribution in [0.4, 0.5) is 13.2 Å². The van der Waals surface area contributed by atoms with Crippen molar-refractivity contribution < 1.29 is 40.7 Å². The van der Waals surface area contributed by atoms with Crippen molar-refractivity contribution in [3.63, 3.8) is 0 Å². The van der Waals surface area contributed by atoms with Gasteiger partial charge in [0, 0.05) is 12.8 Å². The lowest BCUT2D eigenvalue weighted by molar-refractivity contribution is -0.135. The number of halogens is 3. The monoisotopic (exact) mass is 594 g/mol. The molecule has 0 unspecified atom stereocenters. The first-order chi connectivity index (χ1) is 19.3. The second-order valence-electron chi connectivity index (χ2n) is 10.5. The summed E-state index contributed by atoms with van der Waals surface area (Å²) >= 11 is 0. The molecular weight excluding hydrogens is 561 g/mol. The van der Waals surface area contributed by atoms with Gasteiger partial charge < -0.3 is 14.8 Å². The van der Waals surface area contributed by atoms with Crippen molar-refractivity contribution in [3.8, 4) is 11.5 Å². The maximum absolute atomic E-state index is 13.4. The van der Waals surface area contributed by atoms with Gasteiger partial charge in [-0.15, -0.1) is 0 Å². The van der Waals surface area contributed by atoms with Gasteiger partial charge in [-0.25, -0.2) is 13.1 Å². The summed E-state index contributed by atoms with van der Waals surface area (Å²) in [6, 6.07) is 13.8. The summed E-state index contributed by atoms with van der Waals surface area (Å²) in [6.07, 6.45) is -2.88. The van der Waals surface area contributed by atoms with Crippen LogP contribution >= 0.6 is 0 Å². The SMILES string of the molecule is COc1ccc(C2=C(C(=O)NS(=O)(=O)C3CC3)C(=O)N[C@](C)(c3ccc(OCCCCCC(F)(F)F)cc3)C2)cc1. The molecule has 2 aliphatic rings. The molecule has 2 aromatic carbocycles. The molecular formula is C29H33F3N2O6S. The molecule has 222 valence electrons. The fourth-order valence-corrected chi connectivity index (χ4v) is 6.03. The Morgan fingerprint density at radius 3 is 2.24 bits per heavy atom. The van der Waals surface area contributed by atoms with E-state index in [9.17, 15) is 31.2 Å². The molecule has 0 bridgehead atoms. The summed E-state index contributed by atoms with van der Waals surface area (Å²) in [5.41, 5.74) is 0.483. The predicted molar refractivity (Wildman–Crippen MR) is 147 cm³/mol. The van der Waals surface area contributed by atoms with Crippen molar-refractivity contribution in [1.82, 2.24) is 10.0 Å². The smallest absolute Gasteiger partial charge is 0.389 e. The number of hydrogen-bond acceptors (Lipinski definition) is 6. The van der Waals surface area contributed by atoms with Gasteiger partial charge in [-0.05, 0) is 80.0 Å². The van der Waals surface area contributed by atoms with Gasteiger partial charge >= 0.3 is 6.18 Å². The molecule has 1 saturated carbocycles. The molecule has 1 heterocycles. The number of amides is 2. The molecule has 2 amide bonds. The van der Waals surface area contributed by atoms with Crippen LogP contribution in [0.25, 0.3) is 5.57 Å². The molecule has 0 radical (unpaired) electrons. The van der Waals surface area contributed by atoms with Crippen LogP contribution in [-0.2, 0) is 25.2 Å². The minimum Gasteiger partial charge on any atom is -0.497 e. The number of ether oxygens (including phenoxy) is 2. The normalized spacial score (nSPS) is 19.5. The van der Waals surface area contributed by atoms with E-state index >= 15 is 0 Å². The topological polar surface area (TPSA) is 111 Å². The van der Waals surface area contributed by atoms with Crippen molar-refractivity contribution >= 4 is 27.4 Å². The highest BCUT2D eigenvalue weighted by atomic mass is 32.2. The fourth-order valence-electron chi connectivity index (χ4n) is 4.74. The van der Waals surface area contributed by atoms with Crippen LogP contribution in [0.5, 0.6) is 11.5 Å². The number of carbonyl (C=O) groups is 2. The largest absolute Gasteiger partial charge is 0.497 e. The average molecular weight is 595 g/mol. The van der Waals surface area contributed by atoms with Crippen molar-refractivity contribution in [2.45, 2.75) is 68.8 Å². The predicted octanol–water partition coefficient (Wildman–Crippen LogP) is 4.99. The van der Waals surface area contributed by atoms with E-state index < -0.39 is 45.2 Å². The summed E-state index contributed by atoms with van der Waals surface area (Å²) in [5, 5.41) is 2.25. The van der Waals surface area contributed by atoms with Crippen LogP contribution in [0.1, 0.15) is 63.0 Å². The second-order valence-corrected chi connectivity index (χ2v) is 12.5. The Labute approximate surface area is 237 Å². The number of unbranched alkanes of at least 4 members (excludes halogenated alkanes) is 2. The Bertz CT molecular complexity index is 1400. The van der Waals surface area contributed by atoms with Gasteiger partial charge in [0.15, 0.2) is 0 Å². The molecule has 2 aromatic rings. The van der Waals surface area contributed by atoms with E-state index in [0.717, 1.165) is 5.56 Å². The van der Waals surface area contributed by atoms with Crippen molar-refractivity contribution in [1.29, 1.82) is 0 Å². The molecule has 1 atom stereocenters. The van der Waals surface area contributed by atoms with Crippen LogP contribution in [0, 0.1) is 0 Å². The maximum atomic E-state index is 13.4. The van der Waals surface area contributed by atoms with Gasteiger partial charge in [-0.2, -0.15) is 13.2 Å². The quantitative estimate of drug-likeness (QED) is 0.265. The molecule has 1 fully saturated rings. The molecule has 0 aromatic heterocycles. The first kappa shape index (κ1) is 30.4. The summed E-state index contributed by atoms with van der Waals surface area (Å²) < 4.78 is 74.7. The highest BCUT2D eigenvalue weighted by molar-refractivity contribution is 7.91. The second kappa shape index (κ2) is 12.1. The number of alkyl halides is 3. The van der Waals surface area contributed by atoms with Gasteiger partial charge in [-0.3, -0.25) is 9.59 Å². The van der Waals surface area contributed by atoms with Gasteiger partial charge in [-0.1, -0.05) is 24.3 Å². The van der Waals surface area contributed by atoms with Gasteiger partial charge in [0.05, 0.1) is 24.5 Å². The molecule has 0 spiro atoms. The highest BCUT2D eigenvalue weighted by Crippen LogP contribution is 2.39. The number of sulfonamides is 1. The standard InChI is InChI=1S/C29H33F3N2O6S/c1-28(20-8-12-22(13-9-20)40-17-5-3-4-16-29(30,31)32)18-24(19-6-10-21(39-2)11-7-19)25(26(35)33-28)27(36)34-41(37,38)23-14-15-23/h6-13,23H,3-5,14-18H2,1-2H3,(H,33,35)(H,34,36)/t28-/m0/s1. The summed E-state index contributed by atoms with van der Waals surface area (Å²) in [4.78, 5) is 26.6. The van der Waals surface area contributed by atoms with Crippen LogP contribution < -0.4 is 19.5 Å². The maximum Gasteiger partial charge on any atom is 0.389 e. The van der Waals surface area contributed by atoms with Crippen molar-refractivity contribution in [3.05, 3.63) is 65.2 Å². The molecule has 12 heteroatoms. The Morgan fingerprint density at radius 2 is 1.66 bits per heavy atom. The Hall–Kier alpha value is -3.54. The first-order valence-electron chi connectivity index (χ1n) is 13.4. The number of methoxy groups -OCH3 is 1. The third-order valence-corrected chi connectivity index (χ3v) is 9.00. The lowest BCUT2D eigenvalue weighted by Crippen LogP contribution is -2.50. The van der Waals surface area contributed by atoms with E-state index in [4.69, 9.17) is 9.47 Å². The summed E-state index contributed by atoms with van der Waals surface area (Å²) in [7, 11) is -2.36. The molecule has 0 saturated heterocycles. The molecule has 1 aliphatic heterocycles. The van der Waals surface area contributed by atoms with Gasteiger partial charge in [0.2, 0.25) is 10.0 Å². The van der Waals surface area contributed by atoms with Gasteiger partial charge in [0.1, 0.15) is 17.1 Å². The van der Waals surface area contributed by atoms with Crippen LogP contribution in [0.2, 0.25) is 0 Å². The number of hydrogen-bond donors (Lipinski definition) is 2. The third kappa shape index (κ3) is 7.81. The third-order valence-electron chi connectivity index (χ3n) is 7.18. The van der Waals surface area contributed by atoms with Crippen LogP contribution in [-0.4, -0.2) is 45.4 Å². The lowest BCUT2D eigenvalue weighted by atomic mass is 9.78. The first-order valence-corrected chi connectivity index (χ1v) is 14.9. The molecule has 2 N–H and O–H groups in total. The Balaban J connectivity index is 1.52. The molecule has 8 nitrogen and oxygen atoms in total. The summed E-state index contributed by atoms with van der Waals surface area (Å²) in [5.74, 6) is -0.560. The fraction of sp³-hybridized carbons (Fsp3) is 0.448. The van der Waals surface area contributed by atoms with E-state index in [-0.39, 0.29) is 25.0 Å². The zero-order valence-electron chi connectivity index (χ0n) is 22.8. The number of rotatable bonds is 12. The molecule has 4 rings (SSSR count). The summed E-state index contributed by atoms with van der Waals surface area (Å²) in [6.45, 7) is 2.08. The lowest BCUT2D eigenvalue weighted by Gasteiger charge is -2.37. The van der Waals surface area contributed by atoms with E-state index in [1.165, 1.54) is 7.11 Å².